The monoisotopic (exact) mass is 484 g/mol. The fourth-order valence-electron chi connectivity index (χ4n) is 4.64. The Balaban J connectivity index is 1.34. The lowest BCUT2D eigenvalue weighted by Gasteiger charge is -2.34. The van der Waals surface area contributed by atoms with Crippen LogP contribution in [0.4, 0.5) is 22.9 Å². The first-order valence-electron chi connectivity index (χ1n) is 12.1. The summed E-state index contributed by atoms with van der Waals surface area (Å²) in [6.45, 7) is 4.60. The minimum atomic E-state index is -0.436. The lowest BCUT2D eigenvalue weighted by Crippen LogP contribution is -2.44. The van der Waals surface area contributed by atoms with E-state index in [-0.39, 0.29) is 17.6 Å². The Kier molecular flexibility index (Phi) is 7.29. The van der Waals surface area contributed by atoms with Crippen molar-refractivity contribution in [1.82, 2.24) is 20.2 Å². The van der Waals surface area contributed by atoms with Gasteiger partial charge in [0.05, 0.1) is 42.7 Å². The van der Waals surface area contributed by atoms with Gasteiger partial charge >= 0.3 is 0 Å². The number of nitrogens with zero attached hydrogens (tertiary/aromatic N) is 5. The third-order valence-corrected chi connectivity index (χ3v) is 6.60. The normalized spacial score (nSPS) is 18.2. The van der Waals surface area contributed by atoms with Gasteiger partial charge in [0.15, 0.2) is 19.5 Å². The number of carbonyl (C=O) groups excluding carboxylic acids is 1. The van der Waals surface area contributed by atoms with Crippen molar-refractivity contribution in [2.24, 2.45) is 0 Å². The summed E-state index contributed by atoms with van der Waals surface area (Å²) >= 11 is 0. The molecule has 2 radical (unpaired) electrons. The van der Waals surface area contributed by atoms with Crippen LogP contribution in [0.25, 0.3) is 11.3 Å². The van der Waals surface area contributed by atoms with Gasteiger partial charge in [0.2, 0.25) is 0 Å². The van der Waals surface area contributed by atoms with E-state index in [2.05, 4.69) is 47.4 Å². The molecule has 2 fully saturated rings. The average Bonchev–Trinajstić information content (AvgIpc) is 2.94. The Labute approximate surface area is 211 Å². The molecule has 1 aromatic carbocycles. The average molecular weight is 484 g/mol. The minimum Gasteiger partial charge on any atom is -0.382 e. The number of rotatable bonds is 6. The number of aromatic nitrogens is 3. The Morgan fingerprint density at radius 2 is 1.89 bits per heavy atom. The summed E-state index contributed by atoms with van der Waals surface area (Å²) in [6, 6.07) is 10.2. The number of hydrogen-bond acceptors (Lipinski definition) is 9. The standard InChI is InChI=1S/C25H29BN8O2/c26-32-18-2-1-9-34(16-18)19-5-3-17(4-6-19)20-15-29-24(27)23(30-20)25(35)31-21-14-28-8-7-22(21)33-10-12-36-13-11-33/h3-8,14-15,18,32H,1-2,9-13,16H2,(H2,27,29)(H,31,35)/t18-/m1/s1. The predicted octanol–water partition coefficient (Wildman–Crippen LogP) is 1.85. The van der Waals surface area contributed by atoms with E-state index in [0.29, 0.717) is 24.6 Å². The SMILES string of the molecule is [B]N[C@@H]1CCCN(c2ccc(-c3cnc(N)c(C(=O)Nc4cnccc4N4CCOCC4)n3)cc2)C1. The number of pyridine rings is 1. The Bertz CT molecular complexity index is 1200. The summed E-state index contributed by atoms with van der Waals surface area (Å²) < 4.78 is 5.44. The van der Waals surface area contributed by atoms with Gasteiger partial charge in [-0.3, -0.25) is 9.78 Å². The highest BCUT2D eigenvalue weighted by Gasteiger charge is 2.21. The van der Waals surface area contributed by atoms with Gasteiger partial charge < -0.3 is 30.8 Å². The molecule has 36 heavy (non-hydrogen) atoms. The number of amides is 1. The number of piperidine rings is 1. The molecule has 11 heteroatoms. The minimum absolute atomic E-state index is 0.0679. The number of nitrogens with two attached hydrogens (primary N) is 1. The zero-order chi connectivity index (χ0) is 24.9. The first-order chi connectivity index (χ1) is 17.6. The van der Waals surface area contributed by atoms with Crippen molar-refractivity contribution in [3.05, 3.63) is 54.6 Å². The number of nitrogens with one attached hydrogen (secondary N) is 2. The van der Waals surface area contributed by atoms with E-state index in [4.69, 9.17) is 18.5 Å². The second-order valence-electron chi connectivity index (χ2n) is 8.93. The quantitative estimate of drug-likeness (QED) is 0.450. The van der Waals surface area contributed by atoms with Crippen LogP contribution in [0, 0.1) is 0 Å². The fraction of sp³-hybridized carbons (Fsp3) is 0.360. The molecule has 2 aromatic heterocycles. The second kappa shape index (κ2) is 10.9. The van der Waals surface area contributed by atoms with E-state index in [1.165, 1.54) is 0 Å². The van der Waals surface area contributed by atoms with Gasteiger partial charge in [-0.1, -0.05) is 12.1 Å². The number of carbonyl (C=O) groups is 1. The Morgan fingerprint density at radius 3 is 2.67 bits per heavy atom. The van der Waals surface area contributed by atoms with Crippen LogP contribution in [0.1, 0.15) is 23.3 Å². The predicted molar refractivity (Wildman–Crippen MR) is 141 cm³/mol. The van der Waals surface area contributed by atoms with Crippen molar-refractivity contribution < 1.29 is 9.53 Å². The van der Waals surface area contributed by atoms with E-state index in [1.807, 2.05) is 18.2 Å². The molecular weight excluding hydrogens is 455 g/mol. The van der Waals surface area contributed by atoms with Crippen LogP contribution < -0.4 is 26.1 Å². The number of nitrogen functional groups attached to an aromatic ring is 1. The van der Waals surface area contributed by atoms with Crippen LogP contribution in [0.5, 0.6) is 0 Å². The maximum atomic E-state index is 13.2. The highest BCUT2D eigenvalue weighted by Crippen LogP contribution is 2.28. The molecular formula is C25H29BN8O2. The van der Waals surface area contributed by atoms with E-state index < -0.39 is 5.91 Å². The van der Waals surface area contributed by atoms with E-state index in [9.17, 15) is 4.79 Å². The smallest absolute Gasteiger partial charge is 0.278 e. The van der Waals surface area contributed by atoms with Gasteiger partial charge in [-0.2, -0.15) is 0 Å². The number of benzene rings is 1. The molecule has 0 unspecified atom stereocenters. The summed E-state index contributed by atoms with van der Waals surface area (Å²) in [6.07, 6.45) is 7.07. The molecule has 10 nitrogen and oxygen atoms in total. The van der Waals surface area contributed by atoms with Crippen LogP contribution >= 0.6 is 0 Å². The van der Waals surface area contributed by atoms with E-state index in [1.54, 1.807) is 18.6 Å². The number of ether oxygens (including phenoxy) is 1. The van der Waals surface area contributed by atoms with Crippen LogP contribution in [-0.4, -0.2) is 74.3 Å². The maximum Gasteiger partial charge on any atom is 0.278 e. The molecule has 1 atom stereocenters. The largest absolute Gasteiger partial charge is 0.382 e. The molecule has 2 aliphatic rings. The molecule has 0 saturated carbocycles. The zero-order valence-electron chi connectivity index (χ0n) is 20.1. The molecule has 2 aliphatic heterocycles. The van der Waals surface area contributed by atoms with Crippen LogP contribution in [0.2, 0.25) is 0 Å². The van der Waals surface area contributed by atoms with Gasteiger partial charge in [0, 0.05) is 49.7 Å². The van der Waals surface area contributed by atoms with E-state index >= 15 is 0 Å². The first-order valence-corrected chi connectivity index (χ1v) is 12.1. The third-order valence-electron chi connectivity index (χ3n) is 6.60. The second-order valence-corrected chi connectivity index (χ2v) is 8.93. The van der Waals surface area contributed by atoms with Gasteiger partial charge in [-0.15, -0.1) is 0 Å². The highest BCUT2D eigenvalue weighted by atomic mass is 16.5. The molecule has 0 aliphatic carbocycles. The third kappa shape index (κ3) is 5.27. The van der Waals surface area contributed by atoms with Crippen molar-refractivity contribution in [2.45, 2.75) is 18.9 Å². The molecule has 4 heterocycles. The molecule has 184 valence electrons. The van der Waals surface area contributed by atoms with E-state index in [0.717, 1.165) is 56.0 Å². The van der Waals surface area contributed by atoms with Crippen molar-refractivity contribution in [2.75, 3.05) is 60.2 Å². The van der Waals surface area contributed by atoms with Crippen molar-refractivity contribution >= 4 is 36.8 Å². The first kappa shape index (κ1) is 24.0. The van der Waals surface area contributed by atoms with Crippen molar-refractivity contribution in [3.8, 4) is 11.3 Å². The van der Waals surface area contributed by atoms with Crippen molar-refractivity contribution in [3.63, 3.8) is 0 Å². The summed E-state index contributed by atoms with van der Waals surface area (Å²) in [4.78, 5) is 30.6. The fourth-order valence-corrected chi connectivity index (χ4v) is 4.64. The van der Waals surface area contributed by atoms with Gasteiger partial charge in [-0.25, -0.2) is 9.97 Å². The Morgan fingerprint density at radius 1 is 1.08 bits per heavy atom. The molecule has 5 rings (SSSR count). The molecule has 4 N–H and O–H groups in total. The maximum absolute atomic E-state index is 13.2. The molecule has 3 aromatic rings. The van der Waals surface area contributed by atoms with Gasteiger partial charge in [0.1, 0.15) is 0 Å². The lowest BCUT2D eigenvalue weighted by molar-refractivity contribution is 0.102. The summed E-state index contributed by atoms with van der Waals surface area (Å²) in [5.74, 6) is -0.368. The summed E-state index contributed by atoms with van der Waals surface area (Å²) in [5.41, 5.74) is 10.1. The van der Waals surface area contributed by atoms with Gasteiger partial charge in [0.25, 0.3) is 5.91 Å². The number of anilines is 4. The van der Waals surface area contributed by atoms with Crippen LogP contribution in [-0.2, 0) is 4.74 Å². The summed E-state index contributed by atoms with van der Waals surface area (Å²) in [5, 5.41) is 5.80. The van der Waals surface area contributed by atoms with Crippen LogP contribution in [0.15, 0.2) is 48.9 Å². The topological polar surface area (TPSA) is 122 Å². The zero-order valence-corrected chi connectivity index (χ0v) is 20.1. The van der Waals surface area contributed by atoms with Crippen molar-refractivity contribution in [1.29, 1.82) is 0 Å². The van der Waals surface area contributed by atoms with Crippen LogP contribution in [0.3, 0.4) is 0 Å². The highest BCUT2D eigenvalue weighted by molar-refractivity contribution is 6.07. The molecule has 1 amide bonds. The molecule has 2 saturated heterocycles. The lowest BCUT2D eigenvalue weighted by atomic mass is 10.0. The number of hydrogen-bond donors (Lipinski definition) is 3. The molecule has 0 bridgehead atoms. The number of morpholine rings is 1. The molecule has 0 spiro atoms. The summed E-state index contributed by atoms with van der Waals surface area (Å²) in [7, 11) is 5.64. The van der Waals surface area contributed by atoms with Gasteiger partial charge in [-0.05, 0) is 31.0 Å². The Hall–Kier alpha value is -3.70.